The molecule has 0 amide bonds. The van der Waals surface area contributed by atoms with E-state index < -0.39 is 0 Å². The van der Waals surface area contributed by atoms with Gasteiger partial charge >= 0.3 is 0 Å². The lowest BCUT2D eigenvalue weighted by Crippen LogP contribution is -2.40. The molecule has 0 unspecified atom stereocenters. The van der Waals surface area contributed by atoms with E-state index in [4.69, 9.17) is 23.7 Å². The van der Waals surface area contributed by atoms with Crippen molar-refractivity contribution in [2.45, 2.75) is 13.0 Å². The molecular formula is C21H20NO5+. The summed E-state index contributed by atoms with van der Waals surface area (Å²) in [5.74, 6) is 3.63. The second-order valence-electron chi connectivity index (χ2n) is 6.58. The fraction of sp³-hybridized carbons (Fsp3) is 0.286. The van der Waals surface area contributed by atoms with E-state index in [2.05, 4.69) is 22.9 Å². The summed E-state index contributed by atoms with van der Waals surface area (Å²) in [6.45, 7) is 1.09. The van der Waals surface area contributed by atoms with Gasteiger partial charge in [-0.15, -0.1) is 0 Å². The maximum atomic E-state index is 5.74. The lowest BCUT2D eigenvalue weighted by atomic mass is 9.94. The molecule has 0 N–H and O–H groups in total. The van der Waals surface area contributed by atoms with Crippen LogP contribution in [0.1, 0.15) is 5.56 Å². The molecule has 2 aliphatic heterocycles. The van der Waals surface area contributed by atoms with E-state index in [0.29, 0.717) is 5.75 Å². The summed E-state index contributed by atoms with van der Waals surface area (Å²) in [6.07, 6.45) is 3.01. The highest BCUT2D eigenvalue weighted by Crippen LogP contribution is 2.50. The number of fused-ring (bicyclic) bond motifs is 5. The van der Waals surface area contributed by atoms with E-state index in [0.717, 1.165) is 58.0 Å². The van der Waals surface area contributed by atoms with E-state index in [1.165, 1.54) is 5.56 Å². The van der Waals surface area contributed by atoms with Crippen molar-refractivity contribution >= 4 is 10.8 Å². The number of pyridine rings is 1. The molecule has 1 aromatic heterocycles. The molecule has 5 rings (SSSR count). The number of methoxy groups -OCH3 is 3. The van der Waals surface area contributed by atoms with Crippen LogP contribution in [0.25, 0.3) is 22.0 Å². The minimum atomic E-state index is 0.225. The first kappa shape index (κ1) is 16.1. The normalized spacial score (nSPS) is 13.9. The minimum Gasteiger partial charge on any atom is -0.493 e. The van der Waals surface area contributed by atoms with Gasteiger partial charge in [-0.3, -0.25) is 0 Å². The predicted octanol–water partition coefficient (Wildman–Crippen LogP) is 3.10. The zero-order valence-electron chi connectivity index (χ0n) is 15.5. The summed E-state index contributed by atoms with van der Waals surface area (Å²) in [7, 11) is 4.99. The lowest BCUT2D eigenvalue weighted by Gasteiger charge is -2.20. The van der Waals surface area contributed by atoms with Gasteiger partial charge in [0.1, 0.15) is 0 Å². The van der Waals surface area contributed by atoms with Crippen molar-refractivity contribution < 1.29 is 28.3 Å². The quantitative estimate of drug-likeness (QED) is 0.667. The van der Waals surface area contributed by atoms with E-state index in [9.17, 15) is 0 Å². The predicted molar refractivity (Wildman–Crippen MR) is 99.1 cm³/mol. The molecule has 6 heteroatoms. The molecule has 27 heavy (non-hydrogen) atoms. The zero-order valence-corrected chi connectivity index (χ0v) is 15.5. The van der Waals surface area contributed by atoms with Crippen molar-refractivity contribution in [3.63, 3.8) is 0 Å². The number of rotatable bonds is 3. The fourth-order valence-electron chi connectivity index (χ4n) is 4.06. The average Bonchev–Trinajstić information content (AvgIpc) is 3.17. The van der Waals surface area contributed by atoms with Crippen LogP contribution >= 0.6 is 0 Å². The van der Waals surface area contributed by atoms with Crippen LogP contribution in [0.2, 0.25) is 0 Å². The summed E-state index contributed by atoms with van der Waals surface area (Å²) in [5.41, 5.74) is 3.35. The van der Waals surface area contributed by atoms with Gasteiger partial charge in [0.15, 0.2) is 35.7 Å². The first-order valence-electron chi connectivity index (χ1n) is 8.83. The molecule has 0 saturated carbocycles. The molecule has 3 aromatic rings. The molecule has 0 spiro atoms. The number of benzene rings is 2. The molecule has 138 valence electrons. The van der Waals surface area contributed by atoms with Gasteiger partial charge in [-0.05, 0) is 29.1 Å². The van der Waals surface area contributed by atoms with Crippen molar-refractivity contribution in [2.75, 3.05) is 28.1 Å². The number of hydrogen-bond acceptors (Lipinski definition) is 5. The summed E-state index contributed by atoms with van der Waals surface area (Å²) in [6, 6.07) is 8.21. The standard InChI is InChI=1S/C21H20NO5/c1-23-16-5-4-12-8-15-18-13(6-7-22(15)10-14(12)19(16)24-2)9-17-20(21(18)25-3)27-11-26-17/h4-5,8-10H,6-7,11H2,1-3H3/q+1. The van der Waals surface area contributed by atoms with Gasteiger partial charge in [0.2, 0.25) is 18.2 Å². The third-order valence-corrected chi connectivity index (χ3v) is 5.29. The monoisotopic (exact) mass is 366 g/mol. The molecule has 6 nitrogen and oxygen atoms in total. The Labute approximate surface area is 156 Å². The summed E-state index contributed by atoms with van der Waals surface area (Å²) in [5, 5.41) is 2.09. The van der Waals surface area contributed by atoms with Gasteiger partial charge in [-0.25, -0.2) is 0 Å². The smallest absolute Gasteiger partial charge is 0.231 e. The molecule has 2 aliphatic rings. The van der Waals surface area contributed by atoms with Gasteiger partial charge in [-0.2, -0.15) is 4.57 Å². The van der Waals surface area contributed by atoms with Gasteiger partial charge in [0.05, 0.1) is 32.3 Å². The maximum Gasteiger partial charge on any atom is 0.231 e. The Kier molecular flexibility index (Phi) is 3.53. The van der Waals surface area contributed by atoms with Crippen LogP contribution in [-0.2, 0) is 13.0 Å². The Bertz CT molecular complexity index is 1080. The molecule has 0 saturated heterocycles. The highest BCUT2D eigenvalue weighted by Gasteiger charge is 2.33. The maximum absolute atomic E-state index is 5.74. The lowest BCUT2D eigenvalue weighted by molar-refractivity contribution is -0.686. The van der Waals surface area contributed by atoms with Gasteiger partial charge < -0.3 is 23.7 Å². The van der Waals surface area contributed by atoms with E-state index in [1.807, 2.05) is 12.1 Å². The molecule has 0 atom stereocenters. The largest absolute Gasteiger partial charge is 0.493 e. The third-order valence-electron chi connectivity index (χ3n) is 5.29. The third kappa shape index (κ3) is 2.22. The number of nitrogens with zero attached hydrogens (tertiary/aromatic N) is 1. The van der Waals surface area contributed by atoms with Crippen LogP contribution in [-0.4, -0.2) is 28.1 Å². The van der Waals surface area contributed by atoms with E-state index >= 15 is 0 Å². The number of hydrogen-bond donors (Lipinski definition) is 0. The summed E-state index contributed by atoms with van der Waals surface area (Å²) >= 11 is 0. The molecular weight excluding hydrogens is 346 g/mol. The van der Waals surface area contributed by atoms with Crippen LogP contribution in [0.15, 0.2) is 30.5 Å². The van der Waals surface area contributed by atoms with Crippen molar-refractivity contribution in [2.24, 2.45) is 0 Å². The Morgan fingerprint density at radius 1 is 0.963 bits per heavy atom. The minimum absolute atomic E-state index is 0.225. The molecule has 0 fully saturated rings. The van der Waals surface area contributed by atoms with Crippen molar-refractivity contribution in [3.05, 3.63) is 36.0 Å². The Morgan fingerprint density at radius 2 is 1.81 bits per heavy atom. The van der Waals surface area contributed by atoms with Crippen molar-refractivity contribution in [3.8, 4) is 40.0 Å². The molecule has 3 heterocycles. The fourth-order valence-corrected chi connectivity index (χ4v) is 4.06. The second-order valence-corrected chi connectivity index (χ2v) is 6.58. The molecule has 0 bridgehead atoms. The van der Waals surface area contributed by atoms with Gasteiger partial charge in [-0.1, -0.05) is 0 Å². The average molecular weight is 366 g/mol. The summed E-state index contributed by atoms with van der Waals surface area (Å²) in [4.78, 5) is 0. The number of aromatic nitrogens is 1. The molecule has 0 aliphatic carbocycles. The SMILES string of the molecule is COc1ccc2cc3[n+](cc2c1OC)CCc1cc2c(c(OC)c1-3)OCO2. The van der Waals surface area contributed by atoms with E-state index in [1.54, 1.807) is 21.3 Å². The number of ether oxygens (including phenoxy) is 5. The topological polar surface area (TPSA) is 50.0 Å². The summed E-state index contributed by atoms with van der Waals surface area (Å²) < 4.78 is 30.3. The first-order chi connectivity index (χ1) is 13.2. The highest BCUT2D eigenvalue weighted by molar-refractivity contribution is 5.92. The van der Waals surface area contributed by atoms with Crippen molar-refractivity contribution in [1.29, 1.82) is 0 Å². The van der Waals surface area contributed by atoms with Crippen LogP contribution in [0, 0.1) is 0 Å². The zero-order chi connectivity index (χ0) is 18.5. The Balaban J connectivity index is 1.80. The van der Waals surface area contributed by atoms with Gasteiger partial charge in [0.25, 0.3) is 0 Å². The van der Waals surface area contributed by atoms with Crippen LogP contribution in [0.3, 0.4) is 0 Å². The van der Waals surface area contributed by atoms with Crippen LogP contribution < -0.4 is 28.3 Å². The Morgan fingerprint density at radius 3 is 2.59 bits per heavy atom. The first-order valence-corrected chi connectivity index (χ1v) is 8.83. The van der Waals surface area contributed by atoms with Crippen molar-refractivity contribution in [1.82, 2.24) is 0 Å². The Hall–Kier alpha value is -3.15. The second kappa shape index (κ2) is 5.94. The van der Waals surface area contributed by atoms with Gasteiger partial charge in [0, 0.05) is 12.5 Å². The van der Waals surface area contributed by atoms with E-state index in [-0.39, 0.29) is 6.79 Å². The molecule has 2 aromatic carbocycles. The van der Waals surface area contributed by atoms with Crippen LogP contribution in [0.4, 0.5) is 0 Å². The van der Waals surface area contributed by atoms with Crippen LogP contribution in [0.5, 0.6) is 28.7 Å². The highest BCUT2D eigenvalue weighted by atomic mass is 16.7. The number of aryl methyl sites for hydroxylation is 2. The molecule has 0 radical (unpaired) electrons.